The number of thiazole rings is 1. The first-order valence-corrected chi connectivity index (χ1v) is 10.3. The highest BCUT2D eigenvalue weighted by Crippen LogP contribution is 2.34. The maximum absolute atomic E-state index is 7.60. The molecule has 2 aromatic carbocycles. The van der Waals surface area contributed by atoms with Gasteiger partial charge in [-0.05, 0) is 49.4 Å². The van der Waals surface area contributed by atoms with Gasteiger partial charge in [-0.25, -0.2) is 4.98 Å². The average Bonchev–Trinajstić information content (AvgIpc) is 3.31. The Morgan fingerprint density at radius 2 is 1.76 bits per heavy atom. The zero-order valence-corrected chi connectivity index (χ0v) is 18.0. The van der Waals surface area contributed by atoms with Crippen LogP contribution >= 0.6 is 35.1 Å². The molecule has 2 aromatic heterocycles. The van der Waals surface area contributed by atoms with Gasteiger partial charge in [-0.3, -0.25) is 5.41 Å². The smallest absolute Gasteiger partial charge is 0.187 e. The zero-order valence-electron chi connectivity index (χ0n) is 15.5. The van der Waals surface area contributed by atoms with Gasteiger partial charge in [-0.1, -0.05) is 18.2 Å². The van der Waals surface area contributed by atoms with Crippen LogP contribution < -0.4 is 15.8 Å². The van der Waals surface area contributed by atoms with Gasteiger partial charge in [-0.15, -0.1) is 35.1 Å². The number of aromatic nitrogens is 1. The first kappa shape index (κ1) is 20.9. The lowest BCUT2D eigenvalue weighted by Gasteiger charge is -2.07. The van der Waals surface area contributed by atoms with Crippen LogP contribution in [0.5, 0.6) is 11.5 Å². The maximum atomic E-state index is 7.60. The molecule has 0 bridgehead atoms. The number of benzene rings is 2. The third-order valence-electron chi connectivity index (χ3n) is 4.05. The minimum Gasteiger partial charge on any atom is -0.457 e. The molecule has 4 aromatic rings. The van der Waals surface area contributed by atoms with Gasteiger partial charge in [0.1, 0.15) is 17.3 Å². The van der Waals surface area contributed by atoms with Crippen LogP contribution in [-0.4, -0.2) is 10.8 Å². The standard InChI is InChI=1S/C21H18N4OS2.ClH/c1-13-17(11-19(28-13)20(22)23)18-12-27-21(25-18)24-14-7-9-16(10-8-14)26-15-5-3-2-4-6-15;/h2-12H,1H3,(H3,22,23)(H,24,25);1H. The molecule has 0 saturated carbocycles. The number of hydrogen-bond acceptors (Lipinski definition) is 6. The molecule has 0 unspecified atom stereocenters. The highest BCUT2D eigenvalue weighted by atomic mass is 35.5. The summed E-state index contributed by atoms with van der Waals surface area (Å²) in [7, 11) is 0. The molecule has 0 atom stereocenters. The molecule has 5 nitrogen and oxygen atoms in total. The van der Waals surface area contributed by atoms with Crippen molar-refractivity contribution in [3.63, 3.8) is 0 Å². The number of anilines is 2. The molecule has 4 N–H and O–H groups in total. The van der Waals surface area contributed by atoms with Gasteiger partial charge in [0.2, 0.25) is 0 Å². The van der Waals surface area contributed by atoms with Crippen molar-refractivity contribution in [3.05, 3.63) is 75.8 Å². The van der Waals surface area contributed by atoms with E-state index in [1.165, 1.54) is 22.7 Å². The van der Waals surface area contributed by atoms with Crippen molar-refractivity contribution in [1.29, 1.82) is 5.41 Å². The summed E-state index contributed by atoms with van der Waals surface area (Å²) in [4.78, 5) is 6.54. The minimum atomic E-state index is 0. The van der Waals surface area contributed by atoms with E-state index in [2.05, 4.69) is 10.3 Å². The van der Waals surface area contributed by atoms with Gasteiger partial charge in [-0.2, -0.15) is 0 Å². The van der Waals surface area contributed by atoms with Gasteiger partial charge >= 0.3 is 0 Å². The molecule has 0 aliphatic heterocycles. The third-order valence-corrected chi connectivity index (χ3v) is 5.89. The van der Waals surface area contributed by atoms with Crippen LogP contribution in [-0.2, 0) is 0 Å². The summed E-state index contributed by atoms with van der Waals surface area (Å²) in [6, 6.07) is 19.4. The van der Waals surface area contributed by atoms with E-state index in [1.807, 2.05) is 73.0 Å². The maximum Gasteiger partial charge on any atom is 0.187 e. The van der Waals surface area contributed by atoms with E-state index < -0.39 is 0 Å². The van der Waals surface area contributed by atoms with Gasteiger partial charge < -0.3 is 15.8 Å². The molecule has 0 fully saturated rings. The number of halogens is 1. The van der Waals surface area contributed by atoms with Crippen LogP contribution in [0.1, 0.15) is 9.75 Å². The number of para-hydroxylation sites is 1. The summed E-state index contributed by atoms with van der Waals surface area (Å²) in [5.41, 5.74) is 8.44. The molecule has 0 spiro atoms. The van der Waals surface area contributed by atoms with Crippen LogP contribution in [0.25, 0.3) is 11.3 Å². The second-order valence-electron chi connectivity index (χ2n) is 6.10. The number of nitrogens with zero attached hydrogens (tertiary/aromatic N) is 1. The Morgan fingerprint density at radius 1 is 1.07 bits per heavy atom. The normalized spacial score (nSPS) is 10.2. The largest absolute Gasteiger partial charge is 0.457 e. The predicted octanol–water partition coefficient (Wildman–Crippen LogP) is 6.42. The monoisotopic (exact) mass is 442 g/mol. The number of ether oxygens (including phenoxy) is 1. The predicted molar refractivity (Wildman–Crippen MR) is 125 cm³/mol. The molecule has 2 heterocycles. The summed E-state index contributed by atoms with van der Waals surface area (Å²) >= 11 is 3.05. The molecule has 8 heteroatoms. The molecular weight excluding hydrogens is 424 g/mol. The quantitative estimate of drug-likeness (QED) is 0.237. The minimum absolute atomic E-state index is 0. The van der Waals surface area contributed by atoms with Crippen molar-refractivity contribution in [1.82, 2.24) is 4.98 Å². The third kappa shape index (κ3) is 4.95. The second-order valence-corrected chi connectivity index (χ2v) is 8.21. The van der Waals surface area contributed by atoms with Crippen LogP contribution in [0.3, 0.4) is 0 Å². The Bertz CT molecular complexity index is 1110. The second kappa shape index (κ2) is 9.09. The van der Waals surface area contributed by atoms with E-state index in [9.17, 15) is 0 Å². The highest BCUT2D eigenvalue weighted by Gasteiger charge is 2.13. The molecule has 4 rings (SSSR count). The molecule has 0 aliphatic rings. The fraction of sp³-hybridized carbons (Fsp3) is 0.0476. The number of nitrogens with two attached hydrogens (primary N) is 1. The lowest BCUT2D eigenvalue weighted by molar-refractivity contribution is 0.483. The van der Waals surface area contributed by atoms with E-state index >= 15 is 0 Å². The van der Waals surface area contributed by atoms with Crippen LogP contribution in [0.15, 0.2) is 66.0 Å². The van der Waals surface area contributed by atoms with Crippen molar-refractivity contribution < 1.29 is 4.74 Å². The Hall–Kier alpha value is -2.87. The summed E-state index contributed by atoms with van der Waals surface area (Å²) in [5.74, 6) is 1.68. The summed E-state index contributed by atoms with van der Waals surface area (Å²) in [5, 5.41) is 13.7. The van der Waals surface area contributed by atoms with Gasteiger partial charge in [0.15, 0.2) is 5.13 Å². The number of hydrogen-bond donors (Lipinski definition) is 3. The van der Waals surface area contributed by atoms with Crippen molar-refractivity contribution in [2.45, 2.75) is 6.92 Å². The molecule has 29 heavy (non-hydrogen) atoms. The molecule has 0 saturated heterocycles. The van der Waals surface area contributed by atoms with Gasteiger partial charge in [0.05, 0.1) is 10.6 Å². The molecule has 148 valence electrons. The number of amidine groups is 1. The Morgan fingerprint density at radius 3 is 2.41 bits per heavy atom. The van der Waals surface area contributed by atoms with E-state index in [1.54, 1.807) is 0 Å². The van der Waals surface area contributed by atoms with Crippen molar-refractivity contribution in [2.75, 3.05) is 5.32 Å². The fourth-order valence-electron chi connectivity index (χ4n) is 2.68. The number of rotatable bonds is 6. The van der Waals surface area contributed by atoms with Crippen LogP contribution in [0.4, 0.5) is 10.8 Å². The first-order chi connectivity index (χ1) is 13.6. The van der Waals surface area contributed by atoms with Crippen LogP contribution in [0, 0.1) is 12.3 Å². The first-order valence-electron chi connectivity index (χ1n) is 8.59. The summed E-state index contributed by atoms with van der Waals surface area (Å²) in [6.45, 7) is 2.02. The Labute approximate surface area is 183 Å². The van der Waals surface area contributed by atoms with E-state index in [-0.39, 0.29) is 18.2 Å². The average molecular weight is 443 g/mol. The van der Waals surface area contributed by atoms with Gasteiger partial charge in [0.25, 0.3) is 0 Å². The lowest BCUT2D eigenvalue weighted by Crippen LogP contribution is -2.08. The number of nitrogen functional groups attached to an aromatic ring is 1. The topological polar surface area (TPSA) is 84.0 Å². The van der Waals surface area contributed by atoms with Crippen molar-refractivity contribution in [2.24, 2.45) is 5.73 Å². The molecule has 0 radical (unpaired) electrons. The molecule has 0 amide bonds. The van der Waals surface area contributed by atoms with Crippen molar-refractivity contribution >= 4 is 51.7 Å². The van der Waals surface area contributed by atoms with E-state index in [0.29, 0.717) is 0 Å². The molecular formula is C21H19ClN4OS2. The number of nitrogens with one attached hydrogen (secondary N) is 2. The van der Waals surface area contributed by atoms with E-state index in [4.69, 9.17) is 15.9 Å². The highest BCUT2D eigenvalue weighted by molar-refractivity contribution is 7.15. The Kier molecular flexibility index (Phi) is 6.53. The number of thiophene rings is 1. The SMILES string of the molecule is Cc1sc(C(=N)N)cc1-c1csc(Nc2ccc(Oc3ccccc3)cc2)n1.Cl. The molecule has 0 aliphatic carbocycles. The van der Waals surface area contributed by atoms with Crippen molar-refractivity contribution in [3.8, 4) is 22.8 Å². The summed E-state index contributed by atoms with van der Waals surface area (Å²) < 4.78 is 5.81. The Balaban J connectivity index is 0.00000240. The lowest BCUT2D eigenvalue weighted by atomic mass is 10.2. The fourth-order valence-corrected chi connectivity index (χ4v) is 4.30. The summed E-state index contributed by atoms with van der Waals surface area (Å²) in [6.07, 6.45) is 0. The van der Waals surface area contributed by atoms with Crippen LogP contribution in [0.2, 0.25) is 0 Å². The van der Waals surface area contributed by atoms with Gasteiger partial charge in [0, 0.05) is 21.5 Å². The van der Waals surface area contributed by atoms with E-state index in [0.717, 1.165) is 43.3 Å². The number of aryl methyl sites for hydroxylation is 1. The zero-order chi connectivity index (χ0) is 19.5.